The van der Waals surface area contributed by atoms with Crippen molar-refractivity contribution in [2.75, 3.05) is 27.4 Å². The molecular weight excluding hydrogens is 232 g/mol. The van der Waals surface area contributed by atoms with E-state index in [4.69, 9.17) is 15.2 Å². The lowest BCUT2D eigenvalue weighted by atomic mass is 9.78. The molecule has 1 rings (SSSR count). The summed E-state index contributed by atoms with van der Waals surface area (Å²) in [5, 5.41) is 2.95. The molecule has 0 aromatic carbocycles. The van der Waals surface area contributed by atoms with Crippen LogP contribution in [0.25, 0.3) is 0 Å². The zero-order valence-corrected chi connectivity index (χ0v) is 11.6. The molecule has 0 aromatic heterocycles. The lowest BCUT2D eigenvalue weighted by Gasteiger charge is -2.31. The third-order valence-electron chi connectivity index (χ3n) is 3.74. The highest BCUT2D eigenvalue weighted by molar-refractivity contribution is 5.79. The number of rotatable bonds is 6. The monoisotopic (exact) mass is 258 g/mol. The molecule has 1 saturated carbocycles. The van der Waals surface area contributed by atoms with Gasteiger partial charge >= 0.3 is 0 Å². The number of hydrogen-bond acceptors (Lipinski definition) is 4. The van der Waals surface area contributed by atoms with E-state index in [0.29, 0.717) is 19.1 Å². The molecule has 18 heavy (non-hydrogen) atoms. The van der Waals surface area contributed by atoms with E-state index in [1.807, 2.05) is 0 Å². The van der Waals surface area contributed by atoms with E-state index in [1.165, 1.54) is 0 Å². The summed E-state index contributed by atoms with van der Waals surface area (Å²) in [7, 11) is 3.25. The van der Waals surface area contributed by atoms with Crippen molar-refractivity contribution in [3.8, 4) is 0 Å². The highest BCUT2D eigenvalue weighted by atomic mass is 16.5. The average Bonchev–Trinajstić information content (AvgIpc) is 2.34. The molecule has 3 N–H and O–H groups in total. The third-order valence-corrected chi connectivity index (χ3v) is 3.74. The second-order valence-electron chi connectivity index (χ2n) is 5.22. The highest BCUT2D eigenvalue weighted by Gasteiger charge is 2.30. The van der Waals surface area contributed by atoms with Crippen LogP contribution < -0.4 is 11.1 Å². The minimum absolute atomic E-state index is 0.0832. The summed E-state index contributed by atoms with van der Waals surface area (Å²) in [6.45, 7) is 3.09. The maximum absolute atomic E-state index is 12.1. The molecule has 1 amide bonds. The number of ether oxygens (including phenoxy) is 2. The fraction of sp³-hybridized carbons (Fsp3) is 0.923. The van der Waals surface area contributed by atoms with Gasteiger partial charge in [-0.15, -0.1) is 0 Å². The van der Waals surface area contributed by atoms with Crippen molar-refractivity contribution in [1.29, 1.82) is 0 Å². The molecule has 0 spiro atoms. The van der Waals surface area contributed by atoms with Crippen LogP contribution in [0.15, 0.2) is 0 Å². The van der Waals surface area contributed by atoms with E-state index < -0.39 is 0 Å². The molecule has 0 bridgehead atoms. The molecule has 0 saturated heterocycles. The van der Waals surface area contributed by atoms with Crippen molar-refractivity contribution in [1.82, 2.24) is 5.32 Å². The van der Waals surface area contributed by atoms with Gasteiger partial charge in [-0.05, 0) is 25.2 Å². The Bertz CT molecular complexity index is 261. The summed E-state index contributed by atoms with van der Waals surface area (Å²) in [5.41, 5.74) is 5.90. The van der Waals surface area contributed by atoms with Gasteiger partial charge in [0.1, 0.15) is 0 Å². The van der Waals surface area contributed by atoms with Crippen LogP contribution in [0.4, 0.5) is 0 Å². The van der Waals surface area contributed by atoms with Crippen molar-refractivity contribution in [3.63, 3.8) is 0 Å². The van der Waals surface area contributed by atoms with Crippen molar-refractivity contribution < 1.29 is 14.3 Å². The number of amides is 1. The summed E-state index contributed by atoms with van der Waals surface area (Å²) in [4.78, 5) is 12.1. The average molecular weight is 258 g/mol. The van der Waals surface area contributed by atoms with Gasteiger partial charge in [0, 0.05) is 32.7 Å². The first-order valence-corrected chi connectivity index (χ1v) is 6.63. The Morgan fingerprint density at radius 3 is 2.72 bits per heavy atom. The normalized spacial score (nSPS) is 29.9. The maximum Gasteiger partial charge on any atom is 0.223 e. The van der Waals surface area contributed by atoms with Gasteiger partial charge in [-0.2, -0.15) is 0 Å². The van der Waals surface area contributed by atoms with Crippen LogP contribution in [0.1, 0.15) is 26.2 Å². The van der Waals surface area contributed by atoms with Gasteiger partial charge in [-0.3, -0.25) is 4.79 Å². The summed E-state index contributed by atoms with van der Waals surface area (Å²) in [5.74, 6) is 0.564. The van der Waals surface area contributed by atoms with Gasteiger partial charge in [-0.1, -0.05) is 6.92 Å². The van der Waals surface area contributed by atoms with E-state index in [2.05, 4.69) is 12.2 Å². The lowest BCUT2D eigenvalue weighted by Crippen LogP contribution is -2.43. The summed E-state index contributed by atoms with van der Waals surface area (Å²) in [6.07, 6.45) is 2.67. The first kappa shape index (κ1) is 15.4. The molecule has 1 fully saturated rings. The Balaban J connectivity index is 2.35. The van der Waals surface area contributed by atoms with Crippen molar-refractivity contribution in [2.45, 2.75) is 38.3 Å². The quantitative estimate of drug-likeness (QED) is 0.729. The standard InChI is InChI=1S/C13H26N2O3/c1-9-6-10(14)4-5-12(9)13(16)15-7-11(18-3)8-17-2/h9-12H,4-8,14H2,1-3H3,(H,15,16). The molecule has 0 heterocycles. The maximum atomic E-state index is 12.1. The Morgan fingerprint density at radius 2 is 2.17 bits per heavy atom. The predicted molar refractivity (Wildman–Crippen MR) is 70.2 cm³/mol. The number of carbonyl (C=O) groups is 1. The lowest BCUT2D eigenvalue weighted by molar-refractivity contribution is -0.128. The minimum atomic E-state index is -0.0832. The topological polar surface area (TPSA) is 73.6 Å². The smallest absolute Gasteiger partial charge is 0.223 e. The van der Waals surface area contributed by atoms with Crippen molar-refractivity contribution in [2.24, 2.45) is 17.6 Å². The SMILES string of the molecule is COCC(CNC(=O)C1CCC(N)CC1C)OC. The molecule has 106 valence electrons. The van der Waals surface area contributed by atoms with Gasteiger partial charge in [0.25, 0.3) is 0 Å². The second-order valence-corrected chi connectivity index (χ2v) is 5.22. The summed E-state index contributed by atoms with van der Waals surface area (Å²) >= 11 is 0. The van der Waals surface area contributed by atoms with Crippen LogP contribution in [0.2, 0.25) is 0 Å². The van der Waals surface area contributed by atoms with E-state index in [-0.39, 0.29) is 24.0 Å². The fourth-order valence-electron chi connectivity index (χ4n) is 2.57. The number of carbonyl (C=O) groups excluding carboxylic acids is 1. The van der Waals surface area contributed by atoms with Crippen LogP contribution >= 0.6 is 0 Å². The van der Waals surface area contributed by atoms with E-state index >= 15 is 0 Å². The van der Waals surface area contributed by atoms with E-state index in [0.717, 1.165) is 19.3 Å². The third kappa shape index (κ3) is 4.55. The molecule has 0 radical (unpaired) electrons. The molecule has 5 nitrogen and oxygen atoms in total. The van der Waals surface area contributed by atoms with Crippen LogP contribution in [-0.2, 0) is 14.3 Å². The first-order valence-electron chi connectivity index (χ1n) is 6.63. The molecular formula is C13H26N2O3. The van der Waals surface area contributed by atoms with E-state index in [9.17, 15) is 4.79 Å². The molecule has 1 aliphatic carbocycles. The minimum Gasteiger partial charge on any atom is -0.382 e. The zero-order valence-electron chi connectivity index (χ0n) is 11.6. The predicted octanol–water partition coefficient (Wildman–Crippen LogP) is 0.528. The Labute approximate surface area is 109 Å². The number of methoxy groups -OCH3 is 2. The van der Waals surface area contributed by atoms with E-state index in [1.54, 1.807) is 14.2 Å². The van der Waals surface area contributed by atoms with Gasteiger partial charge in [0.05, 0.1) is 12.7 Å². The van der Waals surface area contributed by atoms with Gasteiger partial charge in [0.2, 0.25) is 5.91 Å². The zero-order chi connectivity index (χ0) is 13.5. The van der Waals surface area contributed by atoms with Gasteiger partial charge in [0.15, 0.2) is 0 Å². The van der Waals surface area contributed by atoms with Crippen LogP contribution in [0, 0.1) is 11.8 Å². The van der Waals surface area contributed by atoms with Crippen LogP contribution in [0.5, 0.6) is 0 Å². The van der Waals surface area contributed by atoms with Crippen LogP contribution in [0.3, 0.4) is 0 Å². The van der Waals surface area contributed by atoms with Gasteiger partial charge in [-0.25, -0.2) is 0 Å². The molecule has 5 heteroatoms. The molecule has 0 aromatic rings. The second kappa shape index (κ2) is 7.71. The van der Waals surface area contributed by atoms with Crippen molar-refractivity contribution in [3.05, 3.63) is 0 Å². The highest BCUT2D eigenvalue weighted by Crippen LogP contribution is 2.29. The molecule has 4 unspecified atom stereocenters. The Morgan fingerprint density at radius 1 is 1.44 bits per heavy atom. The molecule has 1 aliphatic rings. The fourth-order valence-corrected chi connectivity index (χ4v) is 2.57. The number of hydrogen-bond donors (Lipinski definition) is 2. The number of nitrogens with two attached hydrogens (primary N) is 1. The Kier molecular flexibility index (Phi) is 6.60. The largest absolute Gasteiger partial charge is 0.382 e. The van der Waals surface area contributed by atoms with Crippen LogP contribution in [-0.4, -0.2) is 45.4 Å². The van der Waals surface area contributed by atoms with Gasteiger partial charge < -0.3 is 20.5 Å². The Hall–Kier alpha value is -0.650. The van der Waals surface area contributed by atoms with Crippen molar-refractivity contribution >= 4 is 5.91 Å². The summed E-state index contributed by atoms with van der Waals surface area (Å²) < 4.78 is 10.2. The molecule has 0 aliphatic heterocycles. The summed E-state index contributed by atoms with van der Waals surface area (Å²) in [6, 6.07) is 0.254. The molecule has 4 atom stereocenters. The number of nitrogens with one attached hydrogen (secondary N) is 1. The first-order chi connectivity index (χ1) is 8.58.